The number of hydrogen-bond donors (Lipinski definition) is 3. The molecule has 3 aromatic rings. The molecule has 0 spiro atoms. The molecule has 0 aliphatic heterocycles. The highest BCUT2D eigenvalue weighted by molar-refractivity contribution is 7.92. The predicted molar refractivity (Wildman–Crippen MR) is 92.5 cm³/mol. The van der Waals surface area contributed by atoms with Crippen LogP contribution in [0.25, 0.3) is 0 Å². The highest BCUT2D eigenvalue weighted by atomic mass is 32.2. The van der Waals surface area contributed by atoms with Crippen molar-refractivity contribution in [2.45, 2.75) is 25.3 Å². The Morgan fingerprint density at radius 3 is 2.32 bits per heavy atom. The largest absolute Gasteiger partial charge is 0.365 e. The number of aryl methyl sites for hydroxylation is 2. The first-order valence-electron chi connectivity index (χ1n) is 7.46. The van der Waals surface area contributed by atoms with E-state index < -0.39 is 10.0 Å². The van der Waals surface area contributed by atoms with Crippen molar-refractivity contribution in [3.8, 4) is 0 Å². The molecule has 0 aliphatic carbocycles. The molecule has 0 fully saturated rings. The number of nitrogens with one attached hydrogen (secondary N) is 3. The lowest BCUT2D eigenvalue weighted by Gasteiger charge is -2.08. The molecule has 0 unspecified atom stereocenters. The molecule has 25 heavy (non-hydrogen) atoms. The smallest absolute Gasteiger partial charge is 0.266 e. The zero-order valence-electron chi connectivity index (χ0n) is 13.7. The van der Waals surface area contributed by atoms with E-state index in [1.54, 1.807) is 38.4 Å². The Balaban J connectivity index is 1.68. The van der Waals surface area contributed by atoms with Crippen LogP contribution in [-0.2, 0) is 16.6 Å². The number of pyridine rings is 1. The zero-order chi connectivity index (χ0) is 17.9. The highest BCUT2D eigenvalue weighted by Gasteiger charge is 2.22. The van der Waals surface area contributed by atoms with Gasteiger partial charge >= 0.3 is 0 Å². The fourth-order valence-electron chi connectivity index (χ4n) is 2.30. The van der Waals surface area contributed by atoms with Crippen LogP contribution in [0, 0.1) is 13.8 Å². The number of aromatic nitrogens is 5. The SMILES string of the molecule is Cc1n[nH]c(C)c1S(=O)(=O)Nc1ccc(NCc2ccncc2)nn1. The molecule has 3 N–H and O–H groups in total. The fourth-order valence-corrected chi connectivity index (χ4v) is 3.67. The molecule has 0 amide bonds. The number of hydrogen-bond acceptors (Lipinski definition) is 7. The van der Waals surface area contributed by atoms with E-state index in [2.05, 4.69) is 35.4 Å². The molecule has 3 aromatic heterocycles. The van der Waals surface area contributed by atoms with Gasteiger partial charge in [-0.2, -0.15) is 5.10 Å². The molecule has 0 atom stereocenters. The lowest BCUT2D eigenvalue weighted by Crippen LogP contribution is -2.16. The fraction of sp³-hybridized carbons (Fsp3) is 0.200. The van der Waals surface area contributed by atoms with Crippen molar-refractivity contribution in [2.75, 3.05) is 10.0 Å². The quantitative estimate of drug-likeness (QED) is 0.610. The normalized spacial score (nSPS) is 11.3. The van der Waals surface area contributed by atoms with E-state index in [-0.39, 0.29) is 10.7 Å². The number of sulfonamides is 1. The predicted octanol–water partition coefficient (Wildman–Crippen LogP) is 1.62. The van der Waals surface area contributed by atoms with Gasteiger partial charge in [0.05, 0.1) is 11.4 Å². The van der Waals surface area contributed by atoms with Gasteiger partial charge < -0.3 is 5.32 Å². The van der Waals surface area contributed by atoms with Crippen LogP contribution in [-0.4, -0.2) is 33.8 Å². The molecule has 0 saturated heterocycles. The van der Waals surface area contributed by atoms with E-state index in [9.17, 15) is 8.42 Å². The Kier molecular flexibility index (Phi) is 4.61. The van der Waals surface area contributed by atoms with Gasteiger partial charge in [-0.1, -0.05) is 0 Å². The third kappa shape index (κ3) is 3.91. The summed E-state index contributed by atoms with van der Waals surface area (Å²) in [5.74, 6) is 0.671. The maximum atomic E-state index is 12.4. The van der Waals surface area contributed by atoms with Crippen molar-refractivity contribution in [1.29, 1.82) is 0 Å². The average molecular weight is 359 g/mol. The molecule has 3 heterocycles. The van der Waals surface area contributed by atoms with Crippen molar-refractivity contribution < 1.29 is 8.42 Å². The molecule has 0 radical (unpaired) electrons. The van der Waals surface area contributed by atoms with Crippen molar-refractivity contribution in [1.82, 2.24) is 25.4 Å². The monoisotopic (exact) mass is 359 g/mol. The molecule has 9 nitrogen and oxygen atoms in total. The molecular weight excluding hydrogens is 342 g/mol. The first-order chi connectivity index (χ1) is 12.0. The molecule has 3 rings (SSSR count). The second kappa shape index (κ2) is 6.85. The average Bonchev–Trinajstić information content (AvgIpc) is 2.94. The molecular formula is C15H17N7O2S. The molecule has 0 saturated carbocycles. The summed E-state index contributed by atoms with van der Waals surface area (Å²) < 4.78 is 27.3. The van der Waals surface area contributed by atoms with E-state index >= 15 is 0 Å². The Hall–Kier alpha value is -3.01. The topological polar surface area (TPSA) is 126 Å². The lowest BCUT2D eigenvalue weighted by atomic mass is 10.3. The number of nitrogens with zero attached hydrogens (tertiary/aromatic N) is 4. The number of H-pyrrole nitrogens is 1. The van der Waals surface area contributed by atoms with Crippen molar-refractivity contribution >= 4 is 21.7 Å². The Labute approximate surface area is 145 Å². The van der Waals surface area contributed by atoms with Gasteiger partial charge in [0.2, 0.25) is 0 Å². The van der Waals surface area contributed by atoms with Crippen LogP contribution < -0.4 is 10.0 Å². The van der Waals surface area contributed by atoms with Crippen LogP contribution in [0.15, 0.2) is 41.6 Å². The van der Waals surface area contributed by atoms with Crippen LogP contribution in [0.5, 0.6) is 0 Å². The summed E-state index contributed by atoms with van der Waals surface area (Å²) in [6.45, 7) is 3.83. The van der Waals surface area contributed by atoms with E-state index in [4.69, 9.17) is 0 Å². The second-order valence-corrected chi connectivity index (χ2v) is 7.00. The third-order valence-electron chi connectivity index (χ3n) is 3.46. The summed E-state index contributed by atoms with van der Waals surface area (Å²) in [7, 11) is -3.77. The van der Waals surface area contributed by atoms with E-state index in [0.29, 0.717) is 23.8 Å². The van der Waals surface area contributed by atoms with Gasteiger partial charge in [0.1, 0.15) is 10.7 Å². The molecule has 0 aliphatic rings. The van der Waals surface area contributed by atoms with Crippen LogP contribution in [0.3, 0.4) is 0 Å². The van der Waals surface area contributed by atoms with Crippen molar-refractivity contribution in [3.05, 3.63) is 53.6 Å². The van der Waals surface area contributed by atoms with Gasteiger partial charge in [-0.05, 0) is 43.7 Å². The van der Waals surface area contributed by atoms with E-state index in [0.717, 1.165) is 5.56 Å². The molecule has 130 valence electrons. The lowest BCUT2D eigenvalue weighted by molar-refractivity contribution is 0.600. The maximum absolute atomic E-state index is 12.4. The number of rotatable bonds is 6. The van der Waals surface area contributed by atoms with Gasteiger partial charge in [-0.15, -0.1) is 10.2 Å². The standard InChI is InChI=1S/C15H17N7O2S/c1-10-15(11(2)19-18-10)25(23,24)22-14-4-3-13(20-21-14)17-9-12-5-7-16-8-6-12/h3-8H,9H2,1-2H3,(H,17,20)(H,18,19)(H,21,22). The van der Waals surface area contributed by atoms with Crippen LogP contribution >= 0.6 is 0 Å². The second-order valence-electron chi connectivity index (χ2n) is 5.38. The maximum Gasteiger partial charge on any atom is 0.266 e. The summed E-state index contributed by atoms with van der Waals surface area (Å²) in [4.78, 5) is 4.07. The van der Waals surface area contributed by atoms with Gasteiger partial charge in [0.25, 0.3) is 10.0 Å². The van der Waals surface area contributed by atoms with Gasteiger partial charge in [0.15, 0.2) is 5.82 Å². The van der Waals surface area contributed by atoms with Crippen molar-refractivity contribution in [2.24, 2.45) is 0 Å². The minimum atomic E-state index is -3.77. The van der Waals surface area contributed by atoms with Crippen LogP contribution in [0.1, 0.15) is 17.0 Å². The van der Waals surface area contributed by atoms with E-state index in [1.165, 1.54) is 0 Å². The molecule has 10 heteroatoms. The zero-order valence-corrected chi connectivity index (χ0v) is 14.5. The van der Waals surface area contributed by atoms with Gasteiger partial charge in [-0.25, -0.2) is 8.42 Å². The highest BCUT2D eigenvalue weighted by Crippen LogP contribution is 2.20. The molecule has 0 aromatic carbocycles. The Morgan fingerprint density at radius 1 is 1.04 bits per heavy atom. The molecule has 0 bridgehead atoms. The van der Waals surface area contributed by atoms with Gasteiger partial charge in [-0.3, -0.25) is 14.8 Å². The number of aromatic amines is 1. The minimum Gasteiger partial charge on any atom is -0.365 e. The Bertz CT molecular complexity index is 934. The van der Waals surface area contributed by atoms with E-state index in [1.807, 2.05) is 12.1 Å². The first kappa shape index (κ1) is 16.8. The third-order valence-corrected chi connectivity index (χ3v) is 5.07. The van der Waals surface area contributed by atoms with Crippen LogP contribution in [0.2, 0.25) is 0 Å². The summed E-state index contributed by atoms with van der Waals surface area (Å²) >= 11 is 0. The summed E-state index contributed by atoms with van der Waals surface area (Å²) in [6.07, 6.45) is 3.42. The summed E-state index contributed by atoms with van der Waals surface area (Å²) in [5, 5.41) is 17.5. The van der Waals surface area contributed by atoms with Crippen molar-refractivity contribution in [3.63, 3.8) is 0 Å². The Morgan fingerprint density at radius 2 is 1.72 bits per heavy atom. The van der Waals surface area contributed by atoms with Gasteiger partial charge in [0, 0.05) is 18.9 Å². The number of anilines is 2. The summed E-state index contributed by atoms with van der Waals surface area (Å²) in [6, 6.07) is 6.97. The summed E-state index contributed by atoms with van der Waals surface area (Å²) in [5.41, 5.74) is 1.91. The minimum absolute atomic E-state index is 0.120. The first-order valence-corrected chi connectivity index (χ1v) is 8.95. The van der Waals surface area contributed by atoms with Crippen LogP contribution in [0.4, 0.5) is 11.6 Å².